The first-order valence-corrected chi connectivity index (χ1v) is 24.5. The van der Waals surface area contributed by atoms with Crippen LogP contribution in [-0.4, -0.2) is 68.3 Å². The number of carbonyl (C=O) groups excluding carboxylic acids is 2. The lowest BCUT2D eigenvalue weighted by Gasteiger charge is -2.20. The Morgan fingerprint density at radius 2 is 0.927 bits per heavy atom. The van der Waals surface area contributed by atoms with Crippen LogP contribution >= 0.6 is 7.82 Å². The Bertz CT molecular complexity index is 931. The SMILES string of the molecule is CCCCCC/C=C\CCCCCCCC(=O)OC(COC(=O)CCCCCCCCCCCCCCCCCCCCC)COP(=O)(O)OCCN(C)C. The van der Waals surface area contributed by atoms with Gasteiger partial charge in [-0.25, -0.2) is 4.57 Å². The maximum absolute atomic E-state index is 12.6. The van der Waals surface area contributed by atoms with E-state index in [0.29, 0.717) is 19.4 Å². The molecule has 0 aromatic rings. The number of ether oxygens (including phenoxy) is 2. The zero-order chi connectivity index (χ0) is 40.5. The van der Waals surface area contributed by atoms with Crippen molar-refractivity contribution in [3.05, 3.63) is 12.2 Å². The molecule has 0 aliphatic carbocycles. The molecule has 10 heteroatoms. The van der Waals surface area contributed by atoms with Crippen LogP contribution in [0.25, 0.3) is 0 Å². The number of esters is 2. The van der Waals surface area contributed by atoms with E-state index in [-0.39, 0.29) is 25.6 Å². The molecule has 9 nitrogen and oxygen atoms in total. The lowest BCUT2D eigenvalue weighted by molar-refractivity contribution is -0.161. The lowest BCUT2D eigenvalue weighted by Crippen LogP contribution is -2.29. The van der Waals surface area contributed by atoms with E-state index in [2.05, 4.69) is 26.0 Å². The van der Waals surface area contributed by atoms with Crippen LogP contribution in [-0.2, 0) is 32.7 Å². The van der Waals surface area contributed by atoms with E-state index in [9.17, 15) is 19.0 Å². The van der Waals surface area contributed by atoms with Crippen LogP contribution in [0.3, 0.4) is 0 Å². The number of hydrogen-bond donors (Lipinski definition) is 1. The first kappa shape index (κ1) is 53.8. The van der Waals surface area contributed by atoms with Gasteiger partial charge in [0, 0.05) is 19.4 Å². The van der Waals surface area contributed by atoms with Crippen LogP contribution in [0.1, 0.15) is 219 Å². The van der Waals surface area contributed by atoms with Crippen molar-refractivity contribution in [2.24, 2.45) is 0 Å². The highest BCUT2D eigenvalue weighted by molar-refractivity contribution is 7.47. The van der Waals surface area contributed by atoms with Crippen LogP contribution < -0.4 is 0 Å². The van der Waals surface area contributed by atoms with Crippen molar-refractivity contribution in [2.75, 3.05) is 40.5 Å². The predicted octanol–water partition coefficient (Wildman–Crippen LogP) is 13.2. The van der Waals surface area contributed by atoms with Gasteiger partial charge in [-0.1, -0.05) is 180 Å². The van der Waals surface area contributed by atoms with Crippen LogP contribution in [0.2, 0.25) is 0 Å². The van der Waals surface area contributed by atoms with Crippen molar-refractivity contribution < 1.29 is 37.6 Å². The molecule has 0 aliphatic rings. The molecule has 0 radical (unpaired) electrons. The van der Waals surface area contributed by atoms with Gasteiger partial charge in [-0.3, -0.25) is 18.6 Å². The van der Waals surface area contributed by atoms with E-state index in [0.717, 1.165) is 51.4 Å². The van der Waals surface area contributed by atoms with Crippen molar-refractivity contribution >= 4 is 19.8 Å². The summed E-state index contributed by atoms with van der Waals surface area (Å²) in [7, 11) is -0.706. The van der Waals surface area contributed by atoms with Crippen LogP contribution in [0.4, 0.5) is 0 Å². The molecular formula is C45H88NO8P. The van der Waals surface area contributed by atoms with Gasteiger partial charge in [0.15, 0.2) is 6.10 Å². The summed E-state index contributed by atoms with van der Waals surface area (Å²) in [6.45, 7) is 4.33. The van der Waals surface area contributed by atoms with Crippen molar-refractivity contribution in [3.8, 4) is 0 Å². The molecule has 55 heavy (non-hydrogen) atoms. The monoisotopic (exact) mass is 802 g/mol. The average molecular weight is 802 g/mol. The maximum Gasteiger partial charge on any atom is 0.472 e. The number of carbonyl (C=O) groups is 2. The number of phosphoric acid groups is 1. The summed E-state index contributed by atoms with van der Waals surface area (Å²) in [5.74, 6) is -0.801. The Morgan fingerprint density at radius 1 is 0.545 bits per heavy atom. The third-order valence-corrected chi connectivity index (χ3v) is 11.1. The van der Waals surface area contributed by atoms with E-state index in [1.54, 1.807) is 0 Å². The number of nitrogens with zero attached hydrogens (tertiary/aromatic N) is 1. The highest BCUT2D eigenvalue weighted by atomic mass is 31.2. The van der Waals surface area contributed by atoms with Gasteiger partial charge in [-0.15, -0.1) is 0 Å². The standard InChI is InChI=1S/C45H88NO8P/c1-5-7-9-11-13-15-17-19-20-21-22-23-24-26-27-29-31-33-35-37-44(47)51-41-43(42-53-55(49,50)52-40-39-46(3)4)54-45(48)38-36-34-32-30-28-25-18-16-14-12-10-8-6-2/h16,18,43H,5-15,17,19-42H2,1-4H3,(H,49,50)/b18-16-. The second-order valence-electron chi connectivity index (χ2n) is 15.9. The Kier molecular flexibility index (Phi) is 40.0. The maximum atomic E-state index is 12.6. The van der Waals surface area contributed by atoms with E-state index in [4.69, 9.17) is 18.5 Å². The highest BCUT2D eigenvalue weighted by Gasteiger charge is 2.26. The predicted molar refractivity (Wildman–Crippen MR) is 229 cm³/mol. The quantitative estimate of drug-likeness (QED) is 0.0279. The second-order valence-corrected chi connectivity index (χ2v) is 17.4. The topological polar surface area (TPSA) is 112 Å². The molecule has 0 spiro atoms. The van der Waals surface area contributed by atoms with Crippen molar-refractivity contribution in [3.63, 3.8) is 0 Å². The molecule has 0 rings (SSSR count). The molecule has 0 saturated carbocycles. The van der Waals surface area contributed by atoms with Crippen molar-refractivity contribution in [1.29, 1.82) is 0 Å². The Balaban J connectivity index is 4.19. The van der Waals surface area contributed by atoms with E-state index in [1.807, 2.05) is 19.0 Å². The number of allylic oxidation sites excluding steroid dienone is 2. The van der Waals surface area contributed by atoms with Gasteiger partial charge < -0.3 is 19.3 Å². The molecule has 0 aromatic heterocycles. The minimum absolute atomic E-state index is 0.00892. The molecule has 326 valence electrons. The first-order chi connectivity index (χ1) is 26.7. The number of unbranched alkanes of at least 4 members (excludes halogenated alkanes) is 27. The Labute approximate surface area is 339 Å². The summed E-state index contributed by atoms with van der Waals surface area (Å²) in [5.41, 5.74) is 0. The number of rotatable bonds is 43. The molecule has 0 bridgehead atoms. The van der Waals surface area contributed by atoms with E-state index >= 15 is 0 Å². The van der Waals surface area contributed by atoms with Crippen LogP contribution in [0, 0.1) is 0 Å². The first-order valence-electron chi connectivity index (χ1n) is 23.0. The number of likely N-dealkylation sites (N-methyl/N-ethyl adjacent to an activating group) is 1. The minimum atomic E-state index is -4.36. The second kappa shape index (κ2) is 40.9. The molecule has 0 saturated heterocycles. The Hall–Kier alpha value is -1.25. The average Bonchev–Trinajstić information content (AvgIpc) is 3.15. The molecule has 0 aromatic carbocycles. The molecule has 2 unspecified atom stereocenters. The molecule has 0 fully saturated rings. The number of hydrogen-bond acceptors (Lipinski definition) is 8. The molecule has 1 N–H and O–H groups in total. The van der Waals surface area contributed by atoms with Gasteiger partial charge in [0.05, 0.1) is 13.2 Å². The smallest absolute Gasteiger partial charge is 0.462 e. The van der Waals surface area contributed by atoms with Gasteiger partial charge in [0.25, 0.3) is 0 Å². The minimum Gasteiger partial charge on any atom is -0.462 e. The van der Waals surface area contributed by atoms with Crippen molar-refractivity contribution in [1.82, 2.24) is 4.90 Å². The van der Waals surface area contributed by atoms with E-state index in [1.165, 1.54) is 135 Å². The molecular weight excluding hydrogens is 713 g/mol. The van der Waals surface area contributed by atoms with Gasteiger partial charge in [0.2, 0.25) is 0 Å². The molecule has 0 aliphatic heterocycles. The number of phosphoric ester groups is 1. The molecule has 2 atom stereocenters. The highest BCUT2D eigenvalue weighted by Crippen LogP contribution is 2.43. The zero-order valence-corrected chi connectivity index (χ0v) is 37.3. The van der Waals surface area contributed by atoms with Gasteiger partial charge in [-0.05, 0) is 52.6 Å². The summed E-state index contributed by atoms with van der Waals surface area (Å²) >= 11 is 0. The van der Waals surface area contributed by atoms with E-state index < -0.39 is 26.5 Å². The summed E-state index contributed by atoms with van der Waals surface area (Å²) in [5, 5.41) is 0. The van der Waals surface area contributed by atoms with Crippen LogP contribution in [0.15, 0.2) is 12.2 Å². The lowest BCUT2D eigenvalue weighted by atomic mass is 10.0. The van der Waals surface area contributed by atoms with Gasteiger partial charge >= 0.3 is 19.8 Å². The summed E-state index contributed by atoms with van der Waals surface area (Å²) in [4.78, 5) is 37.0. The fraction of sp³-hybridized carbons (Fsp3) is 0.911. The normalized spacial score (nSPS) is 13.4. The zero-order valence-electron chi connectivity index (χ0n) is 36.4. The summed E-state index contributed by atoms with van der Waals surface area (Å²) in [6.07, 6.45) is 41.1. The fourth-order valence-electron chi connectivity index (χ4n) is 6.51. The largest absolute Gasteiger partial charge is 0.472 e. The summed E-state index contributed by atoms with van der Waals surface area (Å²) in [6, 6.07) is 0. The third kappa shape index (κ3) is 42.2. The Morgan fingerprint density at radius 3 is 1.36 bits per heavy atom. The van der Waals surface area contributed by atoms with Gasteiger partial charge in [0.1, 0.15) is 6.61 Å². The van der Waals surface area contributed by atoms with Gasteiger partial charge in [-0.2, -0.15) is 0 Å². The summed E-state index contributed by atoms with van der Waals surface area (Å²) < 4.78 is 33.5. The molecule has 0 amide bonds. The fourth-order valence-corrected chi connectivity index (χ4v) is 7.25. The van der Waals surface area contributed by atoms with Crippen LogP contribution in [0.5, 0.6) is 0 Å². The molecule has 0 heterocycles. The van der Waals surface area contributed by atoms with Crippen molar-refractivity contribution in [2.45, 2.75) is 225 Å². The third-order valence-electron chi connectivity index (χ3n) is 10.1.